The molecule has 0 spiro atoms. The lowest BCUT2D eigenvalue weighted by Gasteiger charge is -2.25. The van der Waals surface area contributed by atoms with E-state index < -0.39 is 27.3 Å². The summed E-state index contributed by atoms with van der Waals surface area (Å²) in [6, 6.07) is 3.47. The lowest BCUT2D eigenvalue weighted by molar-refractivity contribution is -0.119. The van der Waals surface area contributed by atoms with Gasteiger partial charge in [0.05, 0.1) is 10.5 Å². The number of carbonyl (C=O) groups excluding carboxylic acids is 1. The van der Waals surface area contributed by atoms with Crippen LogP contribution in [0.4, 0.5) is 4.39 Å². The normalized spacial score (nSPS) is 12.1. The molecule has 0 saturated heterocycles. The van der Waals surface area contributed by atoms with Crippen molar-refractivity contribution in [1.82, 2.24) is 4.72 Å². The molecule has 0 aliphatic rings. The Morgan fingerprint density at radius 2 is 1.95 bits per heavy atom. The maximum atomic E-state index is 13.7. The smallest absolute Gasteiger partial charge is 0.241 e. The molecule has 0 fully saturated rings. The zero-order chi connectivity index (χ0) is 16.4. The molecule has 0 atom stereocenters. The number of primary amides is 1. The molecule has 0 aliphatic heterocycles. The van der Waals surface area contributed by atoms with Crippen molar-refractivity contribution < 1.29 is 17.6 Å². The van der Waals surface area contributed by atoms with Crippen molar-refractivity contribution in [2.45, 2.75) is 30.7 Å². The molecule has 0 saturated carbocycles. The Morgan fingerprint density at radius 3 is 2.43 bits per heavy atom. The van der Waals surface area contributed by atoms with Gasteiger partial charge in [0.15, 0.2) is 0 Å². The molecule has 0 aromatic heterocycles. The summed E-state index contributed by atoms with van der Waals surface area (Å²) in [5.41, 5.74) is 8.95. The van der Waals surface area contributed by atoms with Gasteiger partial charge in [0.2, 0.25) is 15.9 Å². The summed E-state index contributed by atoms with van der Waals surface area (Å²) in [6.07, 6.45) is -0.218. The minimum atomic E-state index is -4.13. The van der Waals surface area contributed by atoms with E-state index in [1.165, 1.54) is 26.0 Å². The van der Waals surface area contributed by atoms with Crippen LogP contribution < -0.4 is 16.2 Å². The van der Waals surface area contributed by atoms with Gasteiger partial charge in [0.1, 0.15) is 10.8 Å². The van der Waals surface area contributed by atoms with Gasteiger partial charge in [-0.1, -0.05) is 18.3 Å². The maximum Gasteiger partial charge on any atom is 0.241 e. The zero-order valence-electron chi connectivity index (χ0n) is 11.5. The second-order valence-electron chi connectivity index (χ2n) is 5.11. The summed E-state index contributed by atoms with van der Waals surface area (Å²) in [4.78, 5) is 10.2. The number of amides is 1. The number of benzene rings is 1. The van der Waals surface area contributed by atoms with Crippen LogP contribution in [0.5, 0.6) is 0 Å². The highest BCUT2D eigenvalue weighted by atomic mass is 32.2. The molecule has 116 valence electrons. The summed E-state index contributed by atoms with van der Waals surface area (Å²) in [6.45, 7) is 2.96. The maximum absolute atomic E-state index is 13.7. The van der Waals surface area contributed by atoms with Crippen molar-refractivity contribution in [3.05, 3.63) is 29.6 Å². The number of nitrogens with one attached hydrogen (secondary N) is 1. The van der Waals surface area contributed by atoms with Crippen LogP contribution in [0, 0.1) is 5.82 Å². The Morgan fingerprint density at radius 1 is 1.38 bits per heavy atom. The highest BCUT2D eigenvalue weighted by Crippen LogP contribution is 2.21. The topological polar surface area (TPSA) is 115 Å². The van der Waals surface area contributed by atoms with Gasteiger partial charge in [0, 0.05) is 12.0 Å². The van der Waals surface area contributed by atoms with Crippen LogP contribution in [-0.4, -0.2) is 24.9 Å². The quantitative estimate of drug-likeness (QED) is 0.652. The van der Waals surface area contributed by atoms with Crippen LogP contribution in [0.25, 0.3) is 0 Å². The number of sulfonamides is 1. The van der Waals surface area contributed by atoms with E-state index in [0.717, 1.165) is 6.07 Å². The molecule has 6 nitrogen and oxygen atoms in total. The van der Waals surface area contributed by atoms with Gasteiger partial charge >= 0.3 is 0 Å². The molecule has 0 radical (unpaired) electrons. The zero-order valence-corrected chi connectivity index (χ0v) is 13.1. The minimum Gasteiger partial charge on any atom is -0.389 e. The van der Waals surface area contributed by atoms with Crippen LogP contribution in [-0.2, 0) is 14.8 Å². The fraction of sp³-hybridized carbons (Fsp3) is 0.333. The van der Waals surface area contributed by atoms with Gasteiger partial charge in [-0.3, -0.25) is 4.79 Å². The average molecular weight is 333 g/mol. The summed E-state index contributed by atoms with van der Waals surface area (Å²) < 4.78 is 40.8. The Hall–Kier alpha value is -1.58. The van der Waals surface area contributed by atoms with Crippen LogP contribution in [0.1, 0.15) is 25.8 Å². The summed E-state index contributed by atoms with van der Waals surface area (Å²) in [5.74, 6) is -1.51. The summed E-state index contributed by atoms with van der Waals surface area (Å²) in [5, 5.41) is 0. The van der Waals surface area contributed by atoms with Gasteiger partial charge in [-0.05, 0) is 26.0 Å². The predicted molar refractivity (Wildman–Crippen MR) is 80.5 cm³/mol. The largest absolute Gasteiger partial charge is 0.389 e. The molecule has 0 bridgehead atoms. The van der Waals surface area contributed by atoms with Gasteiger partial charge in [0.25, 0.3) is 0 Å². The molecule has 0 heterocycles. The third-order valence-electron chi connectivity index (χ3n) is 2.54. The molecule has 0 unspecified atom stereocenters. The molecule has 5 N–H and O–H groups in total. The van der Waals surface area contributed by atoms with Crippen molar-refractivity contribution >= 4 is 33.1 Å². The van der Waals surface area contributed by atoms with Gasteiger partial charge in [-0.15, -0.1) is 0 Å². The third-order valence-corrected chi connectivity index (χ3v) is 4.48. The first-order valence-electron chi connectivity index (χ1n) is 5.87. The molecular weight excluding hydrogens is 317 g/mol. The van der Waals surface area contributed by atoms with E-state index in [0.29, 0.717) is 0 Å². The minimum absolute atomic E-state index is 0.218. The van der Waals surface area contributed by atoms with Crippen LogP contribution >= 0.6 is 12.2 Å². The molecule has 0 aliphatic carbocycles. The lowest BCUT2D eigenvalue weighted by Crippen LogP contribution is -2.46. The molecular formula is C12H16FN3O3S2. The van der Waals surface area contributed by atoms with E-state index in [1.807, 2.05) is 0 Å². The summed E-state index contributed by atoms with van der Waals surface area (Å²) >= 11 is 4.69. The Kier molecular flexibility index (Phi) is 5.03. The molecule has 1 aromatic rings. The molecule has 1 aromatic carbocycles. The van der Waals surface area contributed by atoms with E-state index in [1.54, 1.807) is 0 Å². The first-order chi connectivity index (χ1) is 9.46. The second kappa shape index (κ2) is 6.04. The standard InChI is InChI=1S/C12H16FN3O3S2/c1-12(2,6-9(14)17)16-21(18,19)8-5-3-4-7(13)10(8)11(15)20/h3-5,16H,6H2,1-2H3,(H2,14,17)(H2,15,20). The first-order valence-corrected chi connectivity index (χ1v) is 7.76. The fourth-order valence-corrected chi connectivity index (χ4v) is 3.77. The van der Waals surface area contributed by atoms with Crippen molar-refractivity contribution in [2.75, 3.05) is 0 Å². The van der Waals surface area contributed by atoms with Gasteiger partial charge in [-0.2, -0.15) is 0 Å². The SMILES string of the molecule is CC(C)(CC(N)=O)NS(=O)(=O)c1cccc(F)c1C(N)=S. The highest BCUT2D eigenvalue weighted by Gasteiger charge is 2.30. The van der Waals surface area contributed by atoms with Gasteiger partial charge < -0.3 is 11.5 Å². The van der Waals surface area contributed by atoms with Crippen molar-refractivity contribution in [2.24, 2.45) is 11.5 Å². The number of halogens is 1. The monoisotopic (exact) mass is 333 g/mol. The fourth-order valence-electron chi connectivity index (χ4n) is 1.86. The molecule has 9 heteroatoms. The van der Waals surface area contributed by atoms with Crippen LogP contribution in [0.15, 0.2) is 23.1 Å². The van der Waals surface area contributed by atoms with Crippen molar-refractivity contribution in [3.63, 3.8) is 0 Å². The Bertz CT molecular complexity index is 687. The number of hydrogen-bond acceptors (Lipinski definition) is 4. The third kappa shape index (κ3) is 4.45. The van der Waals surface area contributed by atoms with E-state index >= 15 is 0 Å². The van der Waals surface area contributed by atoms with Crippen molar-refractivity contribution in [1.29, 1.82) is 0 Å². The van der Waals surface area contributed by atoms with E-state index in [-0.39, 0.29) is 21.9 Å². The summed E-state index contributed by atoms with van der Waals surface area (Å²) in [7, 11) is -4.13. The van der Waals surface area contributed by atoms with E-state index in [9.17, 15) is 17.6 Å². The average Bonchev–Trinajstić information content (AvgIpc) is 2.24. The Balaban J connectivity index is 3.30. The first kappa shape index (κ1) is 17.5. The predicted octanol–water partition coefficient (Wildman–Crippen LogP) is 0.392. The number of hydrogen-bond donors (Lipinski definition) is 3. The van der Waals surface area contributed by atoms with E-state index in [4.69, 9.17) is 11.5 Å². The van der Waals surface area contributed by atoms with Crippen LogP contribution in [0.2, 0.25) is 0 Å². The lowest BCUT2D eigenvalue weighted by atomic mass is 10.0. The Labute approximate surface area is 127 Å². The highest BCUT2D eigenvalue weighted by molar-refractivity contribution is 7.89. The second-order valence-corrected chi connectivity index (χ2v) is 7.20. The molecule has 1 amide bonds. The van der Waals surface area contributed by atoms with E-state index in [2.05, 4.69) is 16.9 Å². The number of rotatable bonds is 6. The van der Waals surface area contributed by atoms with Gasteiger partial charge in [-0.25, -0.2) is 17.5 Å². The molecule has 1 rings (SSSR count). The molecule has 21 heavy (non-hydrogen) atoms. The van der Waals surface area contributed by atoms with Crippen LogP contribution in [0.3, 0.4) is 0 Å². The van der Waals surface area contributed by atoms with Crippen molar-refractivity contribution in [3.8, 4) is 0 Å². The number of nitrogens with two attached hydrogens (primary N) is 2. The number of thiocarbonyl (C=S) groups is 1. The number of carbonyl (C=O) groups is 1.